The van der Waals surface area contributed by atoms with Crippen molar-refractivity contribution in [2.75, 3.05) is 13.1 Å². The third-order valence-electron chi connectivity index (χ3n) is 4.93. The fourth-order valence-corrected chi connectivity index (χ4v) is 3.32. The Bertz CT molecular complexity index is 371. The summed E-state index contributed by atoms with van der Waals surface area (Å²) in [4.78, 5) is 24.4. The number of aliphatic carboxylic acids is 1. The van der Waals surface area contributed by atoms with Crippen molar-refractivity contribution in [3.05, 3.63) is 0 Å². The van der Waals surface area contributed by atoms with Crippen LogP contribution in [-0.4, -0.2) is 46.2 Å². The van der Waals surface area contributed by atoms with Crippen LogP contribution >= 0.6 is 0 Å². The molecule has 2 N–H and O–H groups in total. The van der Waals surface area contributed by atoms with E-state index < -0.39 is 12.1 Å². The molecule has 0 aliphatic rings. The summed E-state index contributed by atoms with van der Waals surface area (Å²) in [5.74, 6) is -0.959. The molecule has 0 aromatic heterocycles. The monoisotopic (exact) mass is 385 g/mol. The normalized spacial score (nSPS) is 12.1. The number of carbonyl (C=O) groups is 2. The van der Waals surface area contributed by atoms with Crippen LogP contribution in [0.1, 0.15) is 110 Å². The minimum atomic E-state index is -0.917. The molecule has 5 heteroatoms. The molecule has 27 heavy (non-hydrogen) atoms. The largest absolute Gasteiger partial charge is 0.481 e. The maximum atomic E-state index is 12.2. The average Bonchev–Trinajstić information content (AvgIpc) is 2.61. The maximum Gasteiger partial charge on any atom is 0.305 e. The molecule has 0 aliphatic heterocycles. The second-order valence-corrected chi connectivity index (χ2v) is 7.83. The number of hydrogen-bond acceptors (Lipinski definition) is 3. The zero-order chi connectivity index (χ0) is 20.3. The van der Waals surface area contributed by atoms with Gasteiger partial charge in [-0.05, 0) is 13.3 Å². The Morgan fingerprint density at radius 2 is 1.22 bits per heavy atom. The fourth-order valence-electron chi connectivity index (χ4n) is 3.32. The van der Waals surface area contributed by atoms with E-state index in [-0.39, 0.29) is 25.4 Å². The minimum absolute atomic E-state index is 0.0415. The summed E-state index contributed by atoms with van der Waals surface area (Å²) < 4.78 is 0. The number of unbranched alkanes of at least 4 members (excludes halogenated alkanes) is 12. The molecule has 0 aromatic rings. The third-order valence-corrected chi connectivity index (χ3v) is 4.93. The van der Waals surface area contributed by atoms with E-state index in [1.807, 2.05) is 0 Å². The molecule has 0 aliphatic carbocycles. The first kappa shape index (κ1) is 25.9. The van der Waals surface area contributed by atoms with E-state index >= 15 is 0 Å². The van der Waals surface area contributed by atoms with Crippen molar-refractivity contribution in [2.45, 2.75) is 116 Å². The van der Waals surface area contributed by atoms with E-state index in [1.54, 1.807) is 6.92 Å². The Kier molecular flexibility index (Phi) is 17.5. The summed E-state index contributed by atoms with van der Waals surface area (Å²) in [5, 5.41) is 18.3. The fraction of sp³-hybridized carbons (Fsp3) is 0.909. The predicted octanol–water partition coefficient (Wildman–Crippen LogP) is 5.15. The van der Waals surface area contributed by atoms with Crippen molar-refractivity contribution >= 4 is 11.9 Å². The lowest BCUT2D eigenvalue weighted by Gasteiger charge is -2.23. The topological polar surface area (TPSA) is 77.8 Å². The molecule has 0 aromatic carbocycles. The van der Waals surface area contributed by atoms with Gasteiger partial charge in [0.15, 0.2) is 0 Å². The summed E-state index contributed by atoms with van der Waals surface area (Å²) in [6, 6.07) is 0. The summed E-state index contributed by atoms with van der Waals surface area (Å²) in [6.07, 6.45) is 16.2. The van der Waals surface area contributed by atoms with Gasteiger partial charge in [0, 0.05) is 19.5 Å². The quantitative estimate of drug-likeness (QED) is 0.301. The van der Waals surface area contributed by atoms with Gasteiger partial charge in [-0.25, -0.2) is 0 Å². The van der Waals surface area contributed by atoms with Gasteiger partial charge in [0.05, 0.1) is 12.5 Å². The molecular weight excluding hydrogens is 342 g/mol. The number of nitrogens with zero attached hydrogens (tertiary/aromatic N) is 1. The van der Waals surface area contributed by atoms with E-state index in [0.29, 0.717) is 6.42 Å². The van der Waals surface area contributed by atoms with Crippen molar-refractivity contribution in [1.29, 1.82) is 0 Å². The van der Waals surface area contributed by atoms with Crippen molar-refractivity contribution < 1.29 is 19.8 Å². The van der Waals surface area contributed by atoms with Gasteiger partial charge in [-0.15, -0.1) is 0 Å². The second-order valence-electron chi connectivity index (χ2n) is 7.83. The van der Waals surface area contributed by atoms with Gasteiger partial charge in [-0.2, -0.15) is 0 Å². The van der Waals surface area contributed by atoms with Crippen LogP contribution < -0.4 is 0 Å². The highest BCUT2D eigenvalue weighted by Crippen LogP contribution is 2.13. The van der Waals surface area contributed by atoms with Crippen LogP contribution in [-0.2, 0) is 9.59 Å². The highest BCUT2D eigenvalue weighted by Gasteiger charge is 2.16. The number of aliphatic hydroxyl groups is 1. The zero-order valence-electron chi connectivity index (χ0n) is 17.8. The number of aliphatic hydroxyl groups excluding tert-OH is 1. The lowest BCUT2D eigenvalue weighted by atomic mass is 10.0. The number of carbonyl (C=O) groups excluding carboxylic acids is 1. The highest BCUT2D eigenvalue weighted by molar-refractivity contribution is 5.77. The van der Waals surface area contributed by atoms with Crippen molar-refractivity contribution in [3.63, 3.8) is 0 Å². The van der Waals surface area contributed by atoms with Gasteiger partial charge < -0.3 is 15.1 Å². The minimum Gasteiger partial charge on any atom is -0.481 e. The lowest BCUT2D eigenvalue weighted by molar-refractivity contribution is -0.139. The number of hydrogen-bond donors (Lipinski definition) is 2. The lowest BCUT2D eigenvalue weighted by Crippen LogP contribution is -2.37. The van der Waals surface area contributed by atoms with E-state index in [4.69, 9.17) is 5.11 Å². The molecule has 0 heterocycles. The van der Waals surface area contributed by atoms with Crippen LogP contribution in [0.25, 0.3) is 0 Å². The molecule has 1 unspecified atom stereocenters. The van der Waals surface area contributed by atoms with Gasteiger partial charge in [0.2, 0.25) is 5.91 Å². The molecule has 0 spiro atoms. The molecule has 0 saturated carbocycles. The van der Waals surface area contributed by atoms with E-state index in [0.717, 1.165) is 19.3 Å². The first-order valence-corrected chi connectivity index (χ1v) is 11.1. The van der Waals surface area contributed by atoms with Gasteiger partial charge in [0.25, 0.3) is 0 Å². The van der Waals surface area contributed by atoms with E-state index in [2.05, 4.69) is 6.92 Å². The van der Waals surface area contributed by atoms with Crippen LogP contribution in [0.3, 0.4) is 0 Å². The Balaban J connectivity index is 3.60. The molecule has 1 amide bonds. The number of amides is 1. The summed E-state index contributed by atoms with van der Waals surface area (Å²) >= 11 is 0. The molecule has 5 nitrogen and oxygen atoms in total. The van der Waals surface area contributed by atoms with Crippen molar-refractivity contribution in [1.82, 2.24) is 4.90 Å². The molecule has 0 fully saturated rings. The molecular formula is C22H43NO4. The summed E-state index contributed by atoms with van der Waals surface area (Å²) in [5.41, 5.74) is 0. The Hall–Kier alpha value is -1.10. The zero-order valence-corrected chi connectivity index (χ0v) is 17.8. The van der Waals surface area contributed by atoms with Crippen LogP contribution in [0, 0.1) is 0 Å². The second kappa shape index (κ2) is 18.3. The van der Waals surface area contributed by atoms with E-state index in [9.17, 15) is 14.7 Å². The molecule has 0 rings (SSSR count). The molecule has 0 saturated heterocycles. The molecule has 1 atom stereocenters. The van der Waals surface area contributed by atoms with Crippen LogP contribution in [0.2, 0.25) is 0 Å². The third kappa shape index (κ3) is 18.0. The SMILES string of the molecule is CCCCCCCCCCCCCCCC(=O)N(CCC(=O)O)CC(C)O. The first-order valence-electron chi connectivity index (χ1n) is 11.1. The smallest absolute Gasteiger partial charge is 0.305 e. The van der Waals surface area contributed by atoms with Crippen LogP contribution in [0.15, 0.2) is 0 Å². The van der Waals surface area contributed by atoms with Crippen LogP contribution in [0.5, 0.6) is 0 Å². The standard InChI is InChI=1S/C22H43NO4/c1-3-4-5-6-7-8-9-10-11-12-13-14-15-16-21(25)23(19-20(2)24)18-17-22(26)27/h20,24H,3-19H2,1-2H3,(H,26,27). The molecule has 160 valence electrons. The van der Waals surface area contributed by atoms with E-state index in [1.165, 1.54) is 69.1 Å². The maximum absolute atomic E-state index is 12.2. The van der Waals surface area contributed by atoms with Gasteiger partial charge in [-0.1, -0.05) is 84.0 Å². The van der Waals surface area contributed by atoms with Crippen molar-refractivity contribution in [3.8, 4) is 0 Å². The molecule has 0 bridgehead atoms. The number of carboxylic acid groups (broad SMARTS) is 1. The van der Waals surface area contributed by atoms with Gasteiger partial charge >= 0.3 is 5.97 Å². The Labute approximate surface area is 166 Å². The average molecular weight is 386 g/mol. The predicted molar refractivity (Wildman–Crippen MR) is 111 cm³/mol. The summed E-state index contributed by atoms with van der Waals surface area (Å²) in [6.45, 7) is 4.26. The summed E-state index contributed by atoms with van der Waals surface area (Å²) in [7, 11) is 0. The first-order chi connectivity index (χ1) is 13.0. The Morgan fingerprint density at radius 1 is 0.778 bits per heavy atom. The highest BCUT2D eigenvalue weighted by atomic mass is 16.4. The van der Waals surface area contributed by atoms with Crippen molar-refractivity contribution in [2.24, 2.45) is 0 Å². The molecule has 0 radical (unpaired) electrons. The number of carboxylic acids is 1. The van der Waals surface area contributed by atoms with Crippen LogP contribution in [0.4, 0.5) is 0 Å². The number of rotatable bonds is 19. The van der Waals surface area contributed by atoms with Gasteiger partial charge in [-0.3, -0.25) is 9.59 Å². The van der Waals surface area contributed by atoms with Gasteiger partial charge in [0.1, 0.15) is 0 Å². The Morgan fingerprint density at radius 3 is 1.63 bits per heavy atom.